The minimum absolute atomic E-state index is 0.262. The van der Waals surface area contributed by atoms with Crippen LogP contribution in [0.15, 0.2) is 24.4 Å². The number of anilines is 1. The third kappa shape index (κ3) is 2.03. The maximum atomic E-state index is 6.10. The van der Waals surface area contributed by atoms with E-state index in [1.165, 1.54) is 0 Å². The number of nitrogens with two attached hydrogens (primary N) is 1. The quantitative estimate of drug-likeness (QED) is 0.803. The van der Waals surface area contributed by atoms with Crippen molar-refractivity contribution in [3.05, 3.63) is 24.4 Å². The van der Waals surface area contributed by atoms with Crippen LogP contribution in [0.1, 0.15) is 19.9 Å². The van der Waals surface area contributed by atoms with Crippen molar-refractivity contribution in [2.45, 2.75) is 19.9 Å². The molecule has 1 aromatic carbocycles. The Hall–Kier alpha value is -2.50. The van der Waals surface area contributed by atoms with Gasteiger partial charge in [-0.25, -0.2) is 4.98 Å². The van der Waals surface area contributed by atoms with E-state index >= 15 is 0 Å². The number of ether oxygens (including phenoxy) is 1. The molecule has 6 nitrogen and oxygen atoms in total. The molecule has 0 amide bonds. The zero-order chi connectivity index (χ0) is 15.1. The molecule has 0 atom stereocenters. The summed E-state index contributed by atoms with van der Waals surface area (Å²) >= 11 is 0. The van der Waals surface area contributed by atoms with Gasteiger partial charge in [0, 0.05) is 19.2 Å². The summed E-state index contributed by atoms with van der Waals surface area (Å²) in [6, 6.07) is 6.17. The first kappa shape index (κ1) is 13.5. The fraction of sp³-hybridized carbons (Fsp3) is 0.333. The maximum Gasteiger partial charge on any atom is 0.146 e. The van der Waals surface area contributed by atoms with Crippen LogP contribution in [-0.2, 0) is 7.05 Å². The van der Waals surface area contributed by atoms with Gasteiger partial charge >= 0.3 is 0 Å². The molecule has 21 heavy (non-hydrogen) atoms. The molecule has 0 fully saturated rings. The highest BCUT2D eigenvalue weighted by Crippen LogP contribution is 2.32. The van der Waals surface area contributed by atoms with Gasteiger partial charge < -0.3 is 15.0 Å². The van der Waals surface area contributed by atoms with E-state index in [0.29, 0.717) is 5.82 Å². The lowest BCUT2D eigenvalue weighted by molar-refractivity contribution is 0.415. The van der Waals surface area contributed by atoms with Crippen LogP contribution in [0.2, 0.25) is 0 Å². The van der Waals surface area contributed by atoms with Crippen molar-refractivity contribution in [2.24, 2.45) is 7.05 Å². The van der Waals surface area contributed by atoms with Gasteiger partial charge in [0.2, 0.25) is 0 Å². The fourth-order valence-corrected chi connectivity index (χ4v) is 2.54. The molecule has 0 saturated heterocycles. The molecular formula is C15H19N5O. The first-order chi connectivity index (χ1) is 10.0. The van der Waals surface area contributed by atoms with Crippen LogP contribution in [0.4, 0.5) is 5.82 Å². The standard InChI is InChI=1S/C15H19N5O/c1-9(2)20-13-6-5-10(21-4)7-12(13)18-15(20)11-8-17-19(3)14(11)16/h5-9H,16H2,1-4H3. The van der Waals surface area contributed by atoms with Crippen LogP contribution in [0.5, 0.6) is 5.75 Å². The Balaban J connectivity index is 2.31. The van der Waals surface area contributed by atoms with Gasteiger partial charge in [-0.3, -0.25) is 4.68 Å². The van der Waals surface area contributed by atoms with Crippen molar-refractivity contribution >= 4 is 16.9 Å². The van der Waals surface area contributed by atoms with Gasteiger partial charge in [-0.2, -0.15) is 5.10 Å². The Kier molecular flexibility index (Phi) is 3.08. The Labute approximate surface area is 123 Å². The van der Waals surface area contributed by atoms with E-state index in [1.807, 2.05) is 25.2 Å². The molecule has 0 unspecified atom stereocenters. The van der Waals surface area contributed by atoms with Crippen molar-refractivity contribution in [1.29, 1.82) is 0 Å². The number of aromatic nitrogens is 4. The third-order valence-corrected chi connectivity index (χ3v) is 3.64. The number of imidazole rings is 1. The highest BCUT2D eigenvalue weighted by molar-refractivity contribution is 5.84. The summed E-state index contributed by atoms with van der Waals surface area (Å²) in [5, 5.41) is 4.21. The van der Waals surface area contributed by atoms with Crippen LogP contribution >= 0.6 is 0 Å². The number of hydrogen-bond acceptors (Lipinski definition) is 4. The second-order valence-corrected chi connectivity index (χ2v) is 5.32. The minimum Gasteiger partial charge on any atom is -0.497 e. The largest absolute Gasteiger partial charge is 0.497 e. The predicted octanol–water partition coefficient (Wildman–Crippen LogP) is 2.61. The molecule has 110 valence electrons. The average molecular weight is 285 g/mol. The average Bonchev–Trinajstić information content (AvgIpc) is 2.99. The Bertz CT molecular complexity index is 800. The number of hydrogen-bond donors (Lipinski definition) is 1. The summed E-state index contributed by atoms with van der Waals surface area (Å²) in [7, 11) is 3.48. The van der Waals surface area contributed by atoms with Crippen LogP contribution in [0.3, 0.4) is 0 Å². The summed E-state index contributed by atoms with van der Waals surface area (Å²) in [4.78, 5) is 4.74. The molecule has 0 bridgehead atoms. The number of nitrogen functional groups attached to an aromatic ring is 1. The molecule has 0 radical (unpaired) electrons. The lowest BCUT2D eigenvalue weighted by Gasteiger charge is -2.12. The SMILES string of the molecule is COc1ccc2c(c1)nc(-c1cnn(C)c1N)n2C(C)C. The molecule has 6 heteroatoms. The minimum atomic E-state index is 0.262. The van der Waals surface area contributed by atoms with Crippen molar-refractivity contribution < 1.29 is 4.74 Å². The molecule has 0 spiro atoms. The van der Waals surface area contributed by atoms with E-state index in [1.54, 1.807) is 18.0 Å². The highest BCUT2D eigenvalue weighted by Gasteiger charge is 2.19. The molecule has 3 rings (SSSR count). The fourth-order valence-electron chi connectivity index (χ4n) is 2.54. The van der Waals surface area contributed by atoms with E-state index in [9.17, 15) is 0 Å². The number of nitrogens with zero attached hydrogens (tertiary/aromatic N) is 4. The Morgan fingerprint density at radius 3 is 2.62 bits per heavy atom. The van der Waals surface area contributed by atoms with Crippen molar-refractivity contribution in [3.63, 3.8) is 0 Å². The van der Waals surface area contributed by atoms with Crippen molar-refractivity contribution in [2.75, 3.05) is 12.8 Å². The molecule has 0 aliphatic heterocycles. The number of aryl methyl sites for hydroxylation is 1. The van der Waals surface area contributed by atoms with Gasteiger partial charge in [0.05, 0.1) is 29.9 Å². The van der Waals surface area contributed by atoms with Crippen molar-refractivity contribution in [3.8, 4) is 17.1 Å². The van der Waals surface area contributed by atoms with E-state index in [-0.39, 0.29) is 6.04 Å². The Morgan fingerprint density at radius 1 is 1.29 bits per heavy atom. The molecule has 2 N–H and O–H groups in total. The van der Waals surface area contributed by atoms with E-state index in [2.05, 4.69) is 23.5 Å². The summed E-state index contributed by atoms with van der Waals surface area (Å²) in [6.45, 7) is 4.25. The smallest absolute Gasteiger partial charge is 0.146 e. The summed E-state index contributed by atoms with van der Waals surface area (Å²) in [6.07, 6.45) is 1.76. The molecule has 2 heterocycles. The predicted molar refractivity (Wildman–Crippen MR) is 83.3 cm³/mol. The molecule has 0 saturated carbocycles. The second-order valence-electron chi connectivity index (χ2n) is 5.32. The maximum absolute atomic E-state index is 6.10. The first-order valence-corrected chi connectivity index (χ1v) is 6.86. The van der Waals surface area contributed by atoms with Crippen LogP contribution in [0.25, 0.3) is 22.4 Å². The van der Waals surface area contributed by atoms with Crippen LogP contribution in [0, 0.1) is 0 Å². The van der Waals surface area contributed by atoms with Gasteiger partial charge in [-0.05, 0) is 26.0 Å². The summed E-state index contributed by atoms with van der Waals surface area (Å²) in [5.41, 5.74) is 8.90. The van der Waals surface area contributed by atoms with Gasteiger partial charge in [0.25, 0.3) is 0 Å². The third-order valence-electron chi connectivity index (χ3n) is 3.64. The lowest BCUT2D eigenvalue weighted by Crippen LogP contribution is -2.05. The van der Waals surface area contributed by atoms with Gasteiger partial charge in [-0.1, -0.05) is 0 Å². The van der Waals surface area contributed by atoms with E-state index in [4.69, 9.17) is 15.5 Å². The zero-order valence-electron chi connectivity index (χ0n) is 12.7. The van der Waals surface area contributed by atoms with Crippen LogP contribution in [-0.4, -0.2) is 26.4 Å². The van der Waals surface area contributed by atoms with Crippen LogP contribution < -0.4 is 10.5 Å². The molecule has 0 aliphatic carbocycles. The zero-order valence-corrected chi connectivity index (χ0v) is 12.7. The topological polar surface area (TPSA) is 70.9 Å². The Morgan fingerprint density at radius 2 is 2.05 bits per heavy atom. The lowest BCUT2D eigenvalue weighted by atomic mass is 10.2. The van der Waals surface area contributed by atoms with E-state index < -0.39 is 0 Å². The van der Waals surface area contributed by atoms with Gasteiger partial charge in [0.1, 0.15) is 17.4 Å². The monoisotopic (exact) mass is 285 g/mol. The summed E-state index contributed by atoms with van der Waals surface area (Å²) < 4.78 is 9.10. The van der Waals surface area contributed by atoms with Gasteiger partial charge in [0.15, 0.2) is 0 Å². The number of methoxy groups -OCH3 is 1. The number of rotatable bonds is 3. The second kappa shape index (κ2) is 4.80. The molecule has 0 aliphatic rings. The van der Waals surface area contributed by atoms with Gasteiger partial charge in [-0.15, -0.1) is 0 Å². The molecule has 2 aromatic heterocycles. The first-order valence-electron chi connectivity index (χ1n) is 6.86. The summed E-state index contributed by atoms with van der Waals surface area (Å²) in [5.74, 6) is 2.24. The number of benzene rings is 1. The highest BCUT2D eigenvalue weighted by atomic mass is 16.5. The normalized spacial score (nSPS) is 11.5. The number of fused-ring (bicyclic) bond motifs is 1. The molecule has 3 aromatic rings. The van der Waals surface area contributed by atoms with Crippen molar-refractivity contribution in [1.82, 2.24) is 19.3 Å². The molecular weight excluding hydrogens is 266 g/mol. The van der Waals surface area contributed by atoms with E-state index in [0.717, 1.165) is 28.2 Å².